The van der Waals surface area contributed by atoms with Crippen LogP contribution in [0.5, 0.6) is 0 Å². The lowest BCUT2D eigenvalue weighted by Crippen LogP contribution is -2.47. The van der Waals surface area contributed by atoms with Crippen molar-refractivity contribution in [1.29, 1.82) is 0 Å². The highest BCUT2D eigenvalue weighted by molar-refractivity contribution is 5.90. The highest BCUT2D eigenvalue weighted by Crippen LogP contribution is 2.34. The average Bonchev–Trinajstić information content (AvgIpc) is 3.25. The van der Waals surface area contributed by atoms with Gasteiger partial charge in [-0.3, -0.25) is 9.59 Å². The molecular weight excluding hydrogens is 244 g/mol. The summed E-state index contributed by atoms with van der Waals surface area (Å²) in [5.74, 6) is 1.08. The van der Waals surface area contributed by atoms with E-state index in [2.05, 4.69) is 5.32 Å². The number of carbonyl (C=O) groups is 2. The van der Waals surface area contributed by atoms with Crippen LogP contribution in [0.3, 0.4) is 0 Å². The molecule has 3 rings (SSSR count). The van der Waals surface area contributed by atoms with Crippen LogP contribution >= 0.6 is 0 Å². The SMILES string of the molecule is O=C1CCN(CC2CCOCC2)C(=O)C(C2CC2)N1. The third kappa shape index (κ3) is 3.08. The van der Waals surface area contributed by atoms with E-state index in [1.54, 1.807) is 0 Å². The van der Waals surface area contributed by atoms with Crippen molar-refractivity contribution >= 4 is 11.8 Å². The summed E-state index contributed by atoms with van der Waals surface area (Å²) in [6.07, 6.45) is 4.64. The van der Waals surface area contributed by atoms with E-state index >= 15 is 0 Å². The van der Waals surface area contributed by atoms with Crippen molar-refractivity contribution in [1.82, 2.24) is 10.2 Å². The van der Waals surface area contributed by atoms with Crippen molar-refractivity contribution in [2.75, 3.05) is 26.3 Å². The minimum Gasteiger partial charge on any atom is -0.381 e. The zero-order valence-corrected chi connectivity index (χ0v) is 11.3. The van der Waals surface area contributed by atoms with Crippen LogP contribution < -0.4 is 5.32 Å². The maximum atomic E-state index is 12.5. The molecule has 2 heterocycles. The number of nitrogens with one attached hydrogen (secondary N) is 1. The molecule has 0 aromatic rings. The van der Waals surface area contributed by atoms with E-state index in [9.17, 15) is 9.59 Å². The Kier molecular flexibility index (Phi) is 3.73. The van der Waals surface area contributed by atoms with E-state index in [1.165, 1.54) is 0 Å². The Balaban J connectivity index is 1.64. The second-order valence-corrected chi connectivity index (χ2v) is 5.97. The van der Waals surface area contributed by atoms with Crippen LogP contribution in [-0.2, 0) is 14.3 Å². The second-order valence-electron chi connectivity index (χ2n) is 5.97. The molecule has 3 aliphatic rings. The first-order valence-electron chi connectivity index (χ1n) is 7.40. The largest absolute Gasteiger partial charge is 0.381 e. The minimum absolute atomic E-state index is 0.0275. The molecule has 1 atom stereocenters. The van der Waals surface area contributed by atoms with Crippen molar-refractivity contribution in [2.45, 2.75) is 38.1 Å². The minimum atomic E-state index is -0.255. The van der Waals surface area contributed by atoms with Gasteiger partial charge in [-0.2, -0.15) is 0 Å². The molecule has 1 unspecified atom stereocenters. The number of carbonyl (C=O) groups excluding carboxylic acids is 2. The van der Waals surface area contributed by atoms with Crippen LogP contribution in [0.25, 0.3) is 0 Å². The molecule has 2 aliphatic heterocycles. The lowest BCUT2D eigenvalue weighted by atomic mass is 9.99. The highest BCUT2D eigenvalue weighted by Gasteiger charge is 2.41. The molecule has 5 nitrogen and oxygen atoms in total. The molecule has 0 spiro atoms. The molecule has 5 heteroatoms. The van der Waals surface area contributed by atoms with Gasteiger partial charge >= 0.3 is 0 Å². The van der Waals surface area contributed by atoms with Crippen molar-refractivity contribution in [3.05, 3.63) is 0 Å². The zero-order chi connectivity index (χ0) is 13.2. The molecule has 0 aromatic heterocycles. The van der Waals surface area contributed by atoms with Gasteiger partial charge in [0.25, 0.3) is 0 Å². The molecule has 2 amide bonds. The first-order valence-corrected chi connectivity index (χ1v) is 7.40. The van der Waals surface area contributed by atoms with Gasteiger partial charge in [-0.05, 0) is 37.5 Å². The molecule has 1 N–H and O–H groups in total. The second kappa shape index (κ2) is 5.49. The first kappa shape index (κ1) is 12.9. The van der Waals surface area contributed by atoms with Crippen LogP contribution in [0.15, 0.2) is 0 Å². The number of rotatable bonds is 3. The fourth-order valence-electron chi connectivity index (χ4n) is 3.02. The predicted octanol–water partition coefficient (Wildman–Crippen LogP) is 0.540. The normalized spacial score (nSPS) is 30.1. The molecule has 19 heavy (non-hydrogen) atoms. The predicted molar refractivity (Wildman–Crippen MR) is 69.4 cm³/mol. The van der Waals surface area contributed by atoms with Crippen LogP contribution in [-0.4, -0.2) is 49.1 Å². The van der Waals surface area contributed by atoms with Crippen molar-refractivity contribution < 1.29 is 14.3 Å². The summed E-state index contributed by atoms with van der Waals surface area (Å²) in [6.45, 7) is 2.97. The van der Waals surface area contributed by atoms with Gasteiger partial charge in [0.2, 0.25) is 11.8 Å². The Labute approximate surface area is 113 Å². The van der Waals surface area contributed by atoms with E-state index in [1.807, 2.05) is 4.90 Å². The zero-order valence-electron chi connectivity index (χ0n) is 11.3. The number of hydrogen-bond acceptors (Lipinski definition) is 3. The Bertz CT molecular complexity index is 362. The van der Waals surface area contributed by atoms with E-state index in [4.69, 9.17) is 4.74 Å². The van der Waals surface area contributed by atoms with Crippen LogP contribution in [0, 0.1) is 11.8 Å². The Morgan fingerprint density at radius 1 is 1.16 bits per heavy atom. The maximum Gasteiger partial charge on any atom is 0.245 e. The summed E-state index contributed by atoms with van der Waals surface area (Å²) in [5.41, 5.74) is 0. The molecule has 1 saturated carbocycles. The number of nitrogens with zero attached hydrogens (tertiary/aromatic N) is 1. The topological polar surface area (TPSA) is 58.6 Å². The molecular formula is C14H22N2O3. The first-order chi connectivity index (χ1) is 9.24. The standard InChI is InChI=1S/C14H22N2O3/c17-12-3-6-16(9-10-4-7-19-8-5-10)14(18)13(15-12)11-1-2-11/h10-11,13H,1-9H2,(H,15,17). The number of ether oxygens (including phenoxy) is 1. The van der Waals surface area contributed by atoms with Crippen molar-refractivity contribution in [3.8, 4) is 0 Å². The lowest BCUT2D eigenvalue weighted by Gasteiger charge is -2.30. The summed E-state index contributed by atoms with van der Waals surface area (Å²) < 4.78 is 5.36. The molecule has 2 saturated heterocycles. The fraction of sp³-hybridized carbons (Fsp3) is 0.857. The number of amides is 2. The summed E-state index contributed by atoms with van der Waals surface area (Å²) in [4.78, 5) is 26.1. The van der Waals surface area contributed by atoms with E-state index in [0.29, 0.717) is 24.8 Å². The average molecular weight is 266 g/mol. The summed E-state index contributed by atoms with van der Waals surface area (Å²) >= 11 is 0. The maximum absolute atomic E-state index is 12.5. The summed E-state index contributed by atoms with van der Waals surface area (Å²) in [7, 11) is 0. The van der Waals surface area contributed by atoms with Gasteiger partial charge in [0, 0.05) is 32.7 Å². The van der Waals surface area contributed by atoms with Gasteiger partial charge in [-0.25, -0.2) is 0 Å². The lowest BCUT2D eigenvalue weighted by molar-refractivity contribution is -0.135. The smallest absolute Gasteiger partial charge is 0.245 e. The number of hydrogen-bond donors (Lipinski definition) is 1. The van der Waals surface area contributed by atoms with E-state index in [0.717, 1.165) is 45.4 Å². The third-order valence-electron chi connectivity index (χ3n) is 4.42. The van der Waals surface area contributed by atoms with Gasteiger partial charge in [0.1, 0.15) is 6.04 Å². The monoisotopic (exact) mass is 266 g/mol. The molecule has 0 radical (unpaired) electrons. The highest BCUT2D eigenvalue weighted by atomic mass is 16.5. The van der Waals surface area contributed by atoms with Gasteiger partial charge in [-0.1, -0.05) is 0 Å². The Morgan fingerprint density at radius 3 is 2.58 bits per heavy atom. The van der Waals surface area contributed by atoms with E-state index < -0.39 is 0 Å². The summed E-state index contributed by atoms with van der Waals surface area (Å²) in [5, 5.41) is 2.90. The Hall–Kier alpha value is -1.10. The fourth-order valence-corrected chi connectivity index (χ4v) is 3.02. The van der Waals surface area contributed by atoms with Gasteiger partial charge < -0.3 is 15.0 Å². The van der Waals surface area contributed by atoms with Gasteiger partial charge in [-0.15, -0.1) is 0 Å². The molecule has 106 valence electrons. The van der Waals surface area contributed by atoms with Gasteiger partial charge in [0.05, 0.1) is 0 Å². The van der Waals surface area contributed by atoms with Crippen molar-refractivity contribution in [3.63, 3.8) is 0 Å². The van der Waals surface area contributed by atoms with Gasteiger partial charge in [0.15, 0.2) is 0 Å². The molecule has 0 aromatic carbocycles. The van der Waals surface area contributed by atoms with Crippen LogP contribution in [0.4, 0.5) is 0 Å². The van der Waals surface area contributed by atoms with Crippen LogP contribution in [0.2, 0.25) is 0 Å². The quantitative estimate of drug-likeness (QED) is 0.811. The summed E-state index contributed by atoms with van der Waals surface area (Å²) in [6, 6.07) is -0.255. The molecule has 3 fully saturated rings. The van der Waals surface area contributed by atoms with Crippen molar-refractivity contribution in [2.24, 2.45) is 11.8 Å². The molecule has 1 aliphatic carbocycles. The molecule has 0 bridgehead atoms. The van der Waals surface area contributed by atoms with Crippen LogP contribution in [0.1, 0.15) is 32.1 Å². The third-order valence-corrected chi connectivity index (χ3v) is 4.42. The Morgan fingerprint density at radius 2 is 1.89 bits per heavy atom. The van der Waals surface area contributed by atoms with E-state index in [-0.39, 0.29) is 17.9 Å².